The molecule has 13 aromatic rings. The highest BCUT2D eigenvalue weighted by Gasteiger charge is 2.39. The van der Waals surface area contributed by atoms with Gasteiger partial charge >= 0.3 is 0 Å². The van der Waals surface area contributed by atoms with Crippen molar-refractivity contribution >= 4 is 32.8 Å². The van der Waals surface area contributed by atoms with Crippen molar-refractivity contribution in [3.8, 4) is 95.5 Å². The SMILES string of the molecule is [2H]c1c([2H])c([2H])c(-c2cc3c4c(c2)n(-c2cccc(Oc5ccc6c7ccccc7n(-c7cc(C(C)(C)C)ccn7)c6c5)c2)[c-][n+]4-c2c(cc(-c4c(C([2H])([2H])[2H])cccc4C([2H])([2H])[2H])cc2-c2c(C([2H])([2H])[2H])cccc2C([2H])([2H])[2H])-c2cc4c(cc2-c2ccccc2-3)C(C)(C)CCC4(C)C)c([2H])c1[2H]. The minimum Gasteiger partial charge on any atom is -0.458 e. The van der Waals surface area contributed by atoms with Crippen LogP contribution >= 0.6 is 0 Å². The molecule has 15 rings (SSSR count). The highest BCUT2D eigenvalue weighted by molar-refractivity contribution is 6.10. The summed E-state index contributed by atoms with van der Waals surface area (Å²) in [7, 11) is 0. The number of nitrogens with zero attached hydrogens (tertiary/aromatic N) is 4. The predicted octanol–water partition coefficient (Wildman–Crippen LogP) is 21.2. The van der Waals surface area contributed by atoms with E-state index in [-0.39, 0.29) is 66.7 Å². The summed E-state index contributed by atoms with van der Waals surface area (Å²) in [6.45, 7) is 3.29. The first-order valence-corrected chi connectivity index (χ1v) is 29.5. The molecule has 0 atom stereocenters. The predicted molar refractivity (Wildman–Crippen MR) is 361 cm³/mol. The van der Waals surface area contributed by atoms with Crippen LogP contribution in [0.15, 0.2) is 212 Å². The van der Waals surface area contributed by atoms with Gasteiger partial charge in [0.2, 0.25) is 0 Å². The highest BCUT2D eigenvalue weighted by atomic mass is 16.5. The van der Waals surface area contributed by atoms with Crippen LogP contribution in [-0.2, 0) is 16.2 Å². The van der Waals surface area contributed by atoms with Gasteiger partial charge in [-0.1, -0.05) is 176 Å². The van der Waals surface area contributed by atoms with Gasteiger partial charge < -0.3 is 4.74 Å². The minimum atomic E-state index is -3.02. The lowest BCUT2D eigenvalue weighted by Gasteiger charge is -2.42. The molecule has 3 aromatic heterocycles. The Hall–Kier alpha value is -9.58. The van der Waals surface area contributed by atoms with Gasteiger partial charge in [-0.25, -0.2) is 4.98 Å². The van der Waals surface area contributed by atoms with Crippen LogP contribution in [0, 0.1) is 33.7 Å². The van der Waals surface area contributed by atoms with E-state index < -0.39 is 68.4 Å². The standard InChI is InChI=1S/C82H72N4O/c1-50-22-19-23-51(2)76(50)56-41-68-66-48-71-70(81(8,9)37-38-82(71,10)11)47-65(66)61-30-15-16-31-62(61)67-40-55(54-26-13-12-14-27-54)43-74-79(67)85(78(68)69(42-56)77-52(3)24-20-25-53(77)4)49-84(74)58-28-21-29-59(45-58)87-60-34-35-64-63-32-17-18-33-72(63)86(73(64)46-60)75-44-57(36-39-83-75)80(5,6)7/h12-36,39-48H,37-38H2,1-11H3/i1D3,2D3,3D3,4D3,12D,13D,14D,26D,27D. The zero-order valence-electron chi connectivity index (χ0n) is 66.4. The van der Waals surface area contributed by atoms with Crippen molar-refractivity contribution in [1.82, 2.24) is 14.1 Å². The van der Waals surface area contributed by atoms with Crippen LogP contribution in [0.25, 0.3) is 117 Å². The molecule has 2 aliphatic rings. The fourth-order valence-electron chi connectivity index (χ4n) is 13.6. The number of ether oxygens (including phenoxy) is 1. The van der Waals surface area contributed by atoms with Crippen LogP contribution in [0.2, 0.25) is 0 Å². The number of hydrogen-bond acceptors (Lipinski definition) is 2. The molecule has 0 saturated carbocycles. The van der Waals surface area contributed by atoms with E-state index in [1.165, 1.54) is 42.5 Å². The second-order valence-corrected chi connectivity index (χ2v) is 25.6. The number of hydrogen-bond donors (Lipinski definition) is 0. The van der Waals surface area contributed by atoms with E-state index in [4.69, 9.17) is 22.1 Å². The summed E-state index contributed by atoms with van der Waals surface area (Å²) in [5, 5.41) is 1.98. The van der Waals surface area contributed by atoms with Crippen LogP contribution in [0.4, 0.5) is 0 Å². The van der Waals surface area contributed by atoms with Crippen molar-refractivity contribution < 1.29 is 32.6 Å². The van der Waals surface area contributed by atoms with Gasteiger partial charge in [0.25, 0.3) is 6.33 Å². The number of rotatable bonds is 7. The number of para-hydroxylation sites is 1. The molecule has 5 nitrogen and oxygen atoms in total. The Labute approximate surface area is 535 Å². The van der Waals surface area contributed by atoms with Crippen molar-refractivity contribution in [2.24, 2.45) is 0 Å². The molecule has 426 valence electrons. The van der Waals surface area contributed by atoms with Gasteiger partial charge in [-0.2, -0.15) is 0 Å². The molecular weight excluding hydrogens is 1060 g/mol. The zero-order chi connectivity index (χ0) is 74.2. The molecule has 1 aliphatic carbocycles. The average molecular weight is 1150 g/mol. The number of pyridine rings is 1. The normalized spacial score (nSPS) is 17.4. The first-order chi connectivity index (χ1) is 48.8. The maximum Gasteiger partial charge on any atom is 0.269 e. The van der Waals surface area contributed by atoms with Gasteiger partial charge in [0.15, 0.2) is 0 Å². The molecule has 0 saturated heterocycles. The molecule has 0 bridgehead atoms. The second-order valence-electron chi connectivity index (χ2n) is 25.6. The van der Waals surface area contributed by atoms with E-state index in [2.05, 4.69) is 89.7 Å². The van der Waals surface area contributed by atoms with Crippen molar-refractivity contribution in [2.45, 2.75) is 105 Å². The molecule has 0 radical (unpaired) electrons. The summed E-state index contributed by atoms with van der Waals surface area (Å²) in [6.07, 6.45) is 7.13. The number of benzene rings is 10. The molecule has 4 heterocycles. The monoisotopic (exact) mass is 1150 g/mol. The lowest BCUT2D eigenvalue weighted by molar-refractivity contribution is -0.570. The molecule has 0 amide bonds. The first kappa shape index (κ1) is 38.5. The fourth-order valence-corrected chi connectivity index (χ4v) is 13.6. The van der Waals surface area contributed by atoms with Crippen LogP contribution in [0.1, 0.15) is 124 Å². The quantitative estimate of drug-likeness (QED) is 0.118. The van der Waals surface area contributed by atoms with Gasteiger partial charge in [-0.15, -0.1) is 0 Å². The van der Waals surface area contributed by atoms with E-state index in [1.807, 2.05) is 72.9 Å². The molecule has 1 aliphatic heterocycles. The van der Waals surface area contributed by atoms with Gasteiger partial charge in [0.05, 0.1) is 40.3 Å². The molecule has 0 unspecified atom stereocenters. The van der Waals surface area contributed by atoms with E-state index in [0.29, 0.717) is 61.6 Å². The maximum absolute atomic E-state index is 9.55. The summed E-state index contributed by atoms with van der Waals surface area (Å²) in [5.41, 5.74) is 6.64. The Kier molecular flexibility index (Phi) is 8.84. The van der Waals surface area contributed by atoms with Gasteiger partial charge in [0.1, 0.15) is 17.3 Å². The van der Waals surface area contributed by atoms with Crippen molar-refractivity contribution in [3.05, 3.63) is 258 Å². The molecule has 87 heavy (non-hydrogen) atoms. The maximum atomic E-state index is 9.55. The number of aryl methyl sites for hydroxylation is 4. The Bertz CT molecular complexity index is 5690. The summed E-state index contributed by atoms with van der Waals surface area (Å²) >= 11 is 0. The molecule has 0 spiro atoms. The lowest BCUT2D eigenvalue weighted by Crippen LogP contribution is -2.34. The molecule has 0 N–H and O–H groups in total. The minimum absolute atomic E-state index is 0.0347. The number of fused-ring (bicyclic) bond motifs is 11. The van der Waals surface area contributed by atoms with Crippen LogP contribution < -0.4 is 9.30 Å². The fraction of sp³-hybridized carbons (Fsp3) is 0.195. The smallest absolute Gasteiger partial charge is 0.269 e. The Morgan fingerprint density at radius 3 is 1.83 bits per heavy atom. The second kappa shape index (κ2) is 20.0. The van der Waals surface area contributed by atoms with Crippen LogP contribution in [-0.4, -0.2) is 14.1 Å². The first-order valence-electron chi connectivity index (χ1n) is 38.0. The van der Waals surface area contributed by atoms with E-state index in [1.54, 1.807) is 45.5 Å². The lowest BCUT2D eigenvalue weighted by atomic mass is 9.62. The van der Waals surface area contributed by atoms with Crippen molar-refractivity contribution in [1.29, 1.82) is 0 Å². The van der Waals surface area contributed by atoms with Crippen LogP contribution in [0.3, 0.4) is 0 Å². The zero-order valence-corrected chi connectivity index (χ0v) is 49.4. The van der Waals surface area contributed by atoms with Crippen molar-refractivity contribution in [2.75, 3.05) is 0 Å². The molecule has 0 fully saturated rings. The third kappa shape index (κ3) is 8.87. The van der Waals surface area contributed by atoms with Gasteiger partial charge in [-0.05, 0) is 235 Å². The Balaban J connectivity index is 1.11. The summed E-state index contributed by atoms with van der Waals surface area (Å²) < 4.78 is 169. The van der Waals surface area contributed by atoms with E-state index >= 15 is 0 Å². The Morgan fingerprint density at radius 1 is 0.517 bits per heavy atom. The van der Waals surface area contributed by atoms with Crippen molar-refractivity contribution in [3.63, 3.8) is 0 Å². The van der Waals surface area contributed by atoms with Gasteiger partial charge in [0, 0.05) is 39.5 Å². The van der Waals surface area contributed by atoms with E-state index in [9.17, 15) is 11.0 Å². The third-order valence-electron chi connectivity index (χ3n) is 18.1. The molecule has 5 heteroatoms. The Morgan fingerprint density at radius 2 is 1.13 bits per heavy atom. The van der Waals surface area contributed by atoms with Gasteiger partial charge in [-0.3, -0.25) is 13.7 Å². The average Bonchev–Trinajstić information content (AvgIpc) is 1.49. The molecular formula is C82H72N4O. The summed E-state index contributed by atoms with van der Waals surface area (Å²) in [4.78, 5) is 4.90. The number of aromatic nitrogens is 4. The topological polar surface area (TPSA) is 35.9 Å². The molecule has 10 aromatic carbocycles. The third-order valence-corrected chi connectivity index (χ3v) is 18.1. The largest absolute Gasteiger partial charge is 0.458 e. The van der Waals surface area contributed by atoms with Crippen LogP contribution in [0.5, 0.6) is 11.5 Å². The summed E-state index contributed by atoms with van der Waals surface area (Å²) in [6, 6.07) is 49.6. The summed E-state index contributed by atoms with van der Waals surface area (Å²) in [5.74, 6) is 1.58. The number of imidazole rings is 1. The van der Waals surface area contributed by atoms with E-state index in [0.717, 1.165) is 57.2 Å². The highest BCUT2D eigenvalue weighted by Crippen LogP contribution is 2.54.